The summed E-state index contributed by atoms with van der Waals surface area (Å²) in [5.74, 6) is 0.659. The van der Waals surface area contributed by atoms with E-state index in [-0.39, 0.29) is 10.8 Å². The van der Waals surface area contributed by atoms with Crippen LogP contribution in [0.2, 0.25) is 0 Å². The highest BCUT2D eigenvalue weighted by atomic mass is 32.2. The van der Waals surface area contributed by atoms with E-state index in [0.29, 0.717) is 47.7 Å². The summed E-state index contributed by atoms with van der Waals surface area (Å²) in [4.78, 5) is 25.1. The predicted molar refractivity (Wildman–Crippen MR) is 141 cm³/mol. The summed E-state index contributed by atoms with van der Waals surface area (Å²) in [5, 5.41) is 6.41. The summed E-state index contributed by atoms with van der Waals surface area (Å²) in [6.07, 6.45) is 2.93. The molecule has 0 unspecified atom stereocenters. The second kappa shape index (κ2) is 9.23. The zero-order chi connectivity index (χ0) is 24.6. The smallest absolute Gasteiger partial charge is 0.261 e. The first-order chi connectivity index (χ1) is 16.8. The van der Waals surface area contributed by atoms with Gasteiger partial charge in [-0.3, -0.25) is 9.10 Å². The summed E-state index contributed by atoms with van der Waals surface area (Å²) in [5.41, 5.74) is 2.30. The van der Waals surface area contributed by atoms with Crippen molar-refractivity contribution in [1.29, 1.82) is 0 Å². The molecule has 1 aliphatic carbocycles. The third-order valence-electron chi connectivity index (χ3n) is 5.84. The first-order valence-electron chi connectivity index (χ1n) is 11.1. The summed E-state index contributed by atoms with van der Waals surface area (Å²) in [6.45, 7) is 0.295. The fourth-order valence-corrected chi connectivity index (χ4v) is 5.59. The molecule has 0 aliphatic heterocycles. The number of hydrogen-bond donors (Lipinski definition) is 4. The van der Waals surface area contributed by atoms with Gasteiger partial charge in [0.05, 0.1) is 16.5 Å². The van der Waals surface area contributed by atoms with Crippen LogP contribution in [-0.2, 0) is 16.6 Å². The van der Waals surface area contributed by atoms with E-state index in [4.69, 9.17) is 0 Å². The second-order valence-corrected chi connectivity index (χ2v) is 11.1. The number of H-pyrrole nitrogens is 1. The lowest BCUT2D eigenvalue weighted by Crippen LogP contribution is -2.30. The quantitative estimate of drug-likeness (QED) is 0.267. The number of pyridine rings is 1. The standard InChI is InChI=1S/C24H24N6O3S2/c1-30(35(32,33)18-10-11-18)20-5-3-2-4-15(20)14-26-24-28-19-12-13-25-23(31)21(19)22(29-24)27-16-6-8-17(34)9-7-16/h2-9,12-13,18,34H,10-11,14H2,1H3,(H,25,31)(H2,26,27,28,29). The number of benzene rings is 2. The molecule has 0 saturated heterocycles. The SMILES string of the molecule is CN(c1ccccc1CNc1nc(Nc2ccc(S)cc2)c2c(=O)[nH]ccc2n1)S(=O)(=O)C1CC1. The number of sulfonamides is 1. The molecule has 1 fully saturated rings. The molecule has 0 bridgehead atoms. The molecule has 3 N–H and O–H groups in total. The van der Waals surface area contributed by atoms with Gasteiger partial charge in [-0.1, -0.05) is 18.2 Å². The number of fused-ring (bicyclic) bond motifs is 1. The molecule has 0 atom stereocenters. The average molecular weight is 509 g/mol. The number of anilines is 4. The van der Waals surface area contributed by atoms with Crippen molar-refractivity contribution in [2.24, 2.45) is 0 Å². The molecule has 11 heteroatoms. The van der Waals surface area contributed by atoms with Crippen LogP contribution in [0.5, 0.6) is 0 Å². The number of rotatable bonds is 8. The Hall–Kier alpha value is -3.57. The van der Waals surface area contributed by atoms with E-state index in [1.54, 1.807) is 19.2 Å². The molecule has 0 radical (unpaired) electrons. The fraction of sp³-hybridized carbons (Fsp3) is 0.208. The molecule has 2 aromatic carbocycles. The highest BCUT2D eigenvalue weighted by Crippen LogP contribution is 2.34. The first kappa shape index (κ1) is 23.2. The second-order valence-electron chi connectivity index (χ2n) is 8.33. The Morgan fingerprint density at radius 2 is 1.83 bits per heavy atom. The third kappa shape index (κ3) is 4.82. The number of nitrogens with one attached hydrogen (secondary N) is 3. The third-order valence-corrected chi connectivity index (χ3v) is 8.42. The molecule has 5 rings (SSSR count). The number of aromatic nitrogens is 3. The van der Waals surface area contributed by atoms with Crippen LogP contribution in [0.3, 0.4) is 0 Å². The zero-order valence-corrected chi connectivity index (χ0v) is 20.6. The number of nitrogens with zero attached hydrogens (tertiary/aromatic N) is 3. The van der Waals surface area contributed by atoms with Crippen molar-refractivity contribution >= 4 is 56.7 Å². The molecule has 2 aromatic heterocycles. The van der Waals surface area contributed by atoms with Crippen LogP contribution in [0.25, 0.3) is 10.9 Å². The molecule has 1 saturated carbocycles. The summed E-state index contributed by atoms with van der Waals surface area (Å²) < 4.78 is 26.9. The number of aromatic amines is 1. The molecule has 0 amide bonds. The van der Waals surface area contributed by atoms with Crippen LogP contribution in [0.15, 0.2) is 70.5 Å². The van der Waals surface area contributed by atoms with Crippen LogP contribution in [-0.4, -0.2) is 35.7 Å². The molecular weight excluding hydrogens is 484 g/mol. The average Bonchev–Trinajstić information content (AvgIpc) is 3.70. The van der Waals surface area contributed by atoms with E-state index in [0.717, 1.165) is 16.1 Å². The van der Waals surface area contributed by atoms with Crippen molar-refractivity contribution in [3.63, 3.8) is 0 Å². The van der Waals surface area contributed by atoms with Gasteiger partial charge in [0.2, 0.25) is 16.0 Å². The zero-order valence-electron chi connectivity index (χ0n) is 18.9. The van der Waals surface area contributed by atoms with Gasteiger partial charge in [0.25, 0.3) is 5.56 Å². The van der Waals surface area contributed by atoms with Crippen molar-refractivity contribution in [1.82, 2.24) is 15.0 Å². The molecule has 0 spiro atoms. The highest BCUT2D eigenvalue weighted by molar-refractivity contribution is 7.93. The summed E-state index contributed by atoms with van der Waals surface area (Å²) in [6, 6.07) is 16.4. The Bertz CT molecular complexity index is 1550. The predicted octanol–water partition coefficient (Wildman–Crippen LogP) is 3.89. The maximum absolute atomic E-state index is 12.8. The largest absolute Gasteiger partial charge is 0.350 e. The van der Waals surface area contributed by atoms with Crippen LogP contribution in [0.4, 0.5) is 23.1 Å². The Labute approximate surface area is 208 Å². The van der Waals surface area contributed by atoms with Gasteiger partial charge in [-0.15, -0.1) is 12.6 Å². The van der Waals surface area contributed by atoms with Crippen LogP contribution in [0.1, 0.15) is 18.4 Å². The van der Waals surface area contributed by atoms with E-state index in [2.05, 4.69) is 38.2 Å². The first-order valence-corrected chi connectivity index (χ1v) is 13.0. The lowest BCUT2D eigenvalue weighted by Gasteiger charge is -2.22. The molecule has 1 aliphatic rings. The maximum Gasteiger partial charge on any atom is 0.261 e. The highest BCUT2D eigenvalue weighted by Gasteiger charge is 2.39. The molecule has 35 heavy (non-hydrogen) atoms. The normalized spacial score (nSPS) is 13.5. The van der Waals surface area contributed by atoms with Gasteiger partial charge in [-0.2, -0.15) is 4.98 Å². The summed E-state index contributed by atoms with van der Waals surface area (Å²) in [7, 11) is -1.79. The lowest BCUT2D eigenvalue weighted by molar-refractivity contribution is 0.593. The van der Waals surface area contributed by atoms with E-state index in [1.807, 2.05) is 42.5 Å². The molecule has 4 aromatic rings. The minimum Gasteiger partial charge on any atom is -0.350 e. The van der Waals surface area contributed by atoms with Gasteiger partial charge in [0, 0.05) is 30.4 Å². The van der Waals surface area contributed by atoms with E-state index < -0.39 is 10.0 Å². The van der Waals surface area contributed by atoms with E-state index in [1.165, 1.54) is 10.5 Å². The monoisotopic (exact) mass is 508 g/mol. The van der Waals surface area contributed by atoms with Gasteiger partial charge in [-0.25, -0.2) is 13.4 Å². The van der Waals surface area contributed by atoms with Crippen LogP contribution in [0, 0.1) is 0 Å². The fourth-order valence-electron chi connectivity index (χ4n) is 3.81. The Balaban J connectivity index is 1.46. The van der Waals surface area contributed by atoms with Gasteiger partial charge < -0.3 is 15.6 Å². The summed E-state index contributed by atoms with van der Waals surface area (Å²) >= 11 is 4.31. The van der Waals surface area contributed by atoms with Crippen molar-refractivity contribution in [3.8, 4) is 0 Å². The Morgan fingerprint density at radius 1 is 1.09 bits per heavy atom. The minimum atomic E-state index is -3.38. The van der Waals surface area contributed by atoms with E-state index >= 15 is 0 Å². The van der Waals surface area contributed by atoms with Gasteiger partial charge >= 0.3 is 0 Å². The van der Waals surface area contributed by atoms with Gasteiger partial charge in [-0.05, 0) is 54.8 Å². The number of thiol groups is 1. The molecule has 180 valence electrons. The van der Waals surface area contributed by atoms with Gasteiger partial charge in [0.15, 0.2) is 0 Å². The molecular formula is C24H24N6O3S2. The molecule has 2 heterocycles. The van der Waals surface area contributed by atoms with E-state index in [9.17, 15) is 13.2 Å². The molecule has 9 nitrogen and oxygen atoms in total. The van der Waals surface area contributed by atoms with Crippen LogP contribution < -0.4 is 20.5 Å². The Kier molecular flexibility index (Phi) is 6.12. The maximum atomic E-state index is 12.8. The van der Waals surface area contributed by atoms with Crippen molar-refractivity contribution in [3.05, 3.63) is 76.7 Å². The minimum absolute atomic E-state index is 0.295. The number of hydrogen-bond acceptors (Lipinski definition) is 8. The van der Waals surface area contributed by atoms with Crippen LogP contribution >= 0.6 is 12.6 Å². The lowest BCUT2D eigenvalue weighted by atomic mass is 10.2. The number of para-hydroxylation sites is 1. The Morgan fingerprint density at radius 3 is 2.57 bits per heavy atom. The van der Waals surface area contributed by atoms with Crippen molar-refractivity contribution < 1.29 is 8.42 Å². The van der Waals surface area contributed by atoms with Gasteiger partial charge in [0.1, 0.15) is 11.2 Å². The topological polar surface area (TPSA) is 120 Å². The van der Waals surface area contributed by atoms with Crippen molar-refractivity contribution in [2.75, 3.05) is 22.0 Å². The van der Waals surface area contributed by atoms with Crippen molar-refractivity contribution in [2.45, 2.75) is 29.5 Å².